The van der Waals surface area contributed by atoms with E-state index in [1.165, 1.54) is 5.56 Å². The van der Waals surface area contributed by atoms with Gasteiger partial charge in [0.25, 0.3) is 0 Å². The van der Waals surface area contributed by atoms with Gasteiger partial charge in [-0.25, -0.2) is 0 Å². The van der Waals surface area contributed by atoms with Gasteiger partial charge in [-0.05, 0) is 20.0 Å². The summed E-state index contributed by atoms with van der Waals surface area (Å²) in [6, 6.07) is 2.12. The fraction of sp³-hybridized carbons (Fsp3) is 0.364. The van der Waals surface area contributed by atoms with Crippen LogP contribution in [0.1, 0.15) is 22.9 Å². The maximum Gasteiger partial charge on any atom is 0.0953 e. The molecule has 1 atom stereocenters. The minimum absolute atomic E-state index is 0.150. The van der Waals surface area contributed by atoms with Gasteiger partial charge in [0.05, 0.1) is 24.3 Å². The van der Waals surface area contributed by atoms with Crippen molar-refractivity contribution in [2.45, 2.75) is 13.0 Å². The molecule has 0 fully saturated rings. The second-order valence-electron chi connectivity index (χ2n) is 3.62. The van der Waals surface area contributed by atoms with E-state index >= 15 is 0 Å². The Bertz CT molecular complexity index is 431. The van der Waals surface area contributed by atoms with Crippen molar-refractivity contribution >= 4 is 0 Å². The van der Waals surface area contributed by atoms with Gasteiger partial charge in [0.1, 0.15) is 0 Å². The molecule has 0 aromatic carbocycles. The second kappa shape index (κ2) is 3.90. The molecule has 2 rings (SSSR count). The summed E-state index contributed by atoms with van der Waals surface area (Å²) in [5.74, 6) is 0. The first-order chi connectivity index (χ1) is 7.22. The van der Waals surface area contributed by atoms with Gasteiger partial charge in [-0.2, -0.15) is 5.10 Å². The Hall–Kier alpha value is -1.55. The Labute approximate surface area is 88.9 Å². The molecule has 2 aromatic heterocycles. The molecule has 0 aliphatic rings. The van der Waals surface area contributed by atoms with Crippen LogP contribution in [0.4, 0.5) is 0 Å². The van der Waals surface area contributed by atoms with E-state index in [1.807, 2.05) is 38.0 Å². The molecule has 0 radical (unpaired) electrons. The molecule has 2 heterocycles. The number of nitrogens with one attached hydrogen (secondary N) is 1. The Balaban J connectivity index is 2.39. The molecular formula is C11H15N3O. The van der Waals surface area contributed by atoms with Gasteiger partial charge < -0.3 is 9.73 Å². The highest BCUT2D eigenvalue weighted by atomic mass is 16.3. The summed E-state index contributed by atoms with van der Waals surface area (Å²) in [6.07, 6.45) is 5.47. The van der Waals surface area contributed by atoms with E-state index in [-0.39, 0.29) is 6.04 Å². The summed E-state index contributed by atoms with van der Waals surface area (Å²) >= 11 is 0. The lowest BCUT2D eigenvalue weighted by molar-refractivity contribution is 0.557. The lowest BCUT2D eigenvalue weighted by atomic mass is 10.0. The van der Waals surface area contributed by atoms with Gasteiger partial charge in [-0.1, -0.05) is 0 Å². The average molecular weight is 205 g/mol. The largest absolute Gasteiger partial charge is 0.472 e. The summed E-state index contributed by atoms with van der Waals surface area (Å²) in [7, 11) is 3.86. The van der Waals surface area contributed by atoms with Gasteiger partial charge >= 0.3 is 0 Å². The van der Waals surface area contributed by atoms with E-state index in [4.69, 9.17) is 4.42 Å². The van der Waals surface area contributed by atoms with Gasteiger partial charge in [-0.15, -0.1) is 0 Å². The molecule has 0 bridgehead atoms. The standard InChI is InChI=1S/C11H15N3O/c1-8-10(6-14(3)13-8)11(12-2)9-4-5-15-7-9/h4-7,11-12H,1-3H3. The molecule has 80 valence electrons. The topological polar surface area (TPSA) is 43.0 Å². The number of hydrogen-bond donors (Lipinski definition) is 1. The Morgan fingerprint density at radius 1 is 1.53 bits per heavy atom. The third-order valence-corrected chi connectivity index (χ3v) is 2.53. The van der Waals surface area contributed by atoms with Crippen molar-refractivity contribution in [1.82, 2.24) is 15.1 Å². The summed E-state index contributed by atoms with van der Waals surface area (Å²) in [4.78, 5) is 0. The summed E-state index contributed by atoms with van der Waals surface area (Å²) in [5.41, 5.74) is 3.34. The van der Waals surface area contributed by atoms with Crippen molar-refractivity contribution in [3.63, 3.8) is 0 Å². The zero-order valence-corrected chi connectivity index (χ0v) is 9.19. The van der Waals surface area contributed by atoms with Crippen molar-refractivity contribution in [2.24, 2.45) is 7.05 Å². The van der Waals surface area contributed by atoms with Gasteiger partial charge in [0, 0.05) is 24.4 Å². The van der Waals surface area contributed by atoms with E-state index in [0.717, 1.165) is 11.3 Å². The zero-order valence-electron chi connectivity index (χ0n) is 9.19. The van der Waals surface area contributed by atoms with E-state index in [0.29, 0.717) is 0 Å². The second-order valence-corrected chi connectivity index (χ2v) is 3.62. The highest BCUT2D eigenvalue weighted by molar-refractivity contribution is 5.30. The average Bonchev–Trinajstić information content (AvgIpc) is 2.79. The number of rotatable bonds is 3. The molecule has 0 saturated heterocycles. The minimum Gasteiger partial charge on any atom is -0.472 e. The van der Waals surface area contributed by atoms with Crippen LogP contribution in [0.15, 0.2) is 29.2 Å². The molecule has 0 spiro atoms. The summed E-state index contributed by atoms with van der Waals surface area (Å²) in [5, 5.41) is 7.60. The first kappa shape index (κ1) is 9.98. The Kier molecular flexibility index (Phi) is 2.60. The lowest BCUT2D eigenvalue weighted by Crippen LogP contribution is -2.17. The van der Waals surface area contributed by atoms with Crippen LogP contribution in [0.3, 0.4) is 0 Å². The predicted molar refractivity (Wildman–Crippen MR) is 57.6 cm³/mol. The number of aromatic nitrogens is 2. The lowest BCUT2D eigenvalue weighted by Gasteiger charge is -2.13. The Morgan fingerprint density at radius 2 is 2.33 bits per heavy atom. The Morgan fingerprint density at radius 3 is 2.80 bits per heavy atom. The quantitative estimate of drug-likeness (QED) is 0.828. The van der Waals surface area contributed by atoms with E-state index in [1.54, 1.807) is 12.5 Å². The van der Waals surface area contributed by atoms with Crippen molar-refractivity contribution in [3.8, 4) is 0 Å². The fourth-order valence-electron chi connectivity index (χ4n) is 1.84. The molecule has 15 heavy (non-hydrogen) atoms. The molecule has 1 unspecified atom stereocenters. The molecule has 0 aliphatic carbocycles. The molecule has 0 aliphatic heterocycles. The zero-order chi connectivity index (χ0) is 10.8. The van der Waals surface area contributed by atoms with Crippen molar-refractivity contribution < 1.29 is 4.42 Å². The maximum absolute atomic E-state index is 5.10. The third kappa shape index (κ3) is 1.80. The van der Waals surface area contributed by atoms with E-state index in [9.17, 15) is 0 Å². The molecule has 0 amide bonds. The van der Waals surface area contributed by atoms with Crippen molar-refractivity contribution in [2.75, 3.05) is 7.05 Å². The third-order valence-electron chi connectivity index (χ3n) is 2.53. The monoisotopic (exact) mass is 205 g/mol. The molecule has 0 saturated carbocycles. The highest BCUT2D eigenvalue weighted by Gasteiger charge is 2.17. The number of aryl methyl sites for hydroxylation is 2. The van der Waals surface area contributed by atoms with Crippen LogP contribution in [-0.4, -0.2) is 16.8 Å². The molecule has 4 nitrogen and oxygen atoms in total. The number of hydrogen-bond acceptors (Lipinski definition) is 3. The van der Waals surface area contributed by atoms with Gasteiger partial charge in [0.15, 0.2) is 0 Å². The first-order valence-electron chi connectivity index (χ1n) is 4.92. The van der Waals surface area contributed by atoms with Crippen LogP contribution in [0.2, 0.25) is 0 Å². The maximum atomic E-state index is 5.10. The van der Waals surface area contributed by atoms with Crippen LogP contribution in [0, 0.1) is 6.92 Å². The minimum atomic E-state index is 0.150. The molecule has 2 aromatic rings. The van der Waals surface area contributed by atoms with Crippen molar-refractivity contribution in [1.29, 1.82) is 0 Å². The fourth-order valence-corrected chi connectivity index (χ4v) is 1.84. The van der Waals surface area contributed by atoms with Crippen LogP contribution in [0.25, 0.3) is 0 Å². The van der Waals surface area contributed by atoms with E-state index in [2.05, 4.69) is 10.4 Å². The molecular weight excluding hydrogens is 190 g/mol. The first-order valence-corrected chi connectivity index (χ1v) is 4.92. The molecule has 1 N–H and O–H groups in total. The van der Waals surface area contributed by atoms with Crippen LogP contribution >= 0.6 is 0 Å². The molecule has 4 heteroatoms. The summed E-state index contributed by atoms with van der Waals surface area (Å²) < 4.78 is 6.93. The van der Waals surface area contributed by atoms with Crippen LogP contribution in [-0.2, 0) is 7.05 Å². The van der Waals surface area contributed by atoms with Gasteiger partial charge in [0.2, 0.25) is 0 Å². The summed E-state index contributed by atoms with van der Waals surface area (Å²) in [6.45, 7) is 2.01. The number of nitrogens with zero attached hydrogens (tertiary/aromatic N) is 2. The van der Waals surface area contributed by atoms with Gasteiger partial charge in [-0.3, -0.25) is 4.68 Å². The normalized spacial score (nSPS) is 13.0. The predicted octanol–water partition coefficient (Wildman–Crippen LogP) is 1.63. The number of furan rings is 1. The smallest absolute Gasteiger partial charge is 0.0953 e. The van der Waals surface area contributed by atoms with Crippen LogP contribution < -0.4 is 5.32 Å². The van der Waals surface area contributed by atoms with Crippen molar-refractivity contribution in [3.05, 3.63) is 41.6 Å². The van der Waals surface area contributed by atoms with Crippen LogP contribution in [0.5, 0.6) is 0 Å². The van der Waals surface area contributed by atoms with E-state index < -0.39 is 0 Å². The highest BCUT2D eigenvalue weighted by Crippen LogP contribution is 2.23. The SMILES string of the molecule is CNC(c1ccoc1)c1cn(C)nc1C.